The molecule has 0 aliphatic carbocycles. The Hall–Kier alpha value is -1.11. The van der Waals surface area contributed by atoms with Gasteiger partial charge in [-0.2, -0.15) is 0 Å². The lowest BCUT2D eigenvalue weighted by molar-refractivity contribution is 0.180. The first-order valence-corrected chi connectivity index (χ1v) is 5.91. The highest BCUT2D eigenvalue weighted by Crippen LogP contribution is 2.18. The van der Waals surface area contributed by atoms with Gasteiger partial charge in [-0.25, -0.2) is 9.67 Å². The van der Waals surface area contributed by atoms with Crippen LogP contribution in [0, 0.1) is 0 Å². The van der Waals surface area contributed by atoms with Crippen LogP contribution >= 0.6 is 27.5 Å². The number of methoxy groups -OCH3 is 1. The van der Waals surface area contributed by atoms with Gasteiger partial charge in [-0.3, -0.25) is 9.89 Å². The molecule has 0 fully saturated rings. The highest BCUT2D eigenvalue weighted by molar-refractivity contribution is 9.10. The second kappa shape index (κ2) is 5.03. The number of rotatable bonds is 3. The van der Waals surface area contributed by atoms with Crippen LogP contribution in [0.3, 0.4) is 0 Å². The van der Waals surface area contributed by atoms with Crippen molar-refractivity contribution in [2.75, 3.05) is 7.11 Å². The molecule has 5 nitrogen and oxygen atoms in total. The molecule has 0 atom stereocenters. The molecule has 2 aromatic heterocycles. The van der Waals surface area contributed by atoms with Gasteiger partial charge in [0.1, 0.15) is 10.2 Å². The first kappa shape index (κ1) is 12.3. The average molecular weight is 319 g/mol. The van der Waals surface area contributed by atoms with Crippen molar-refractivity contribution in [3.63, 3.8) is 0 Å². The molecule has 2 heterocycles. The number of hydrogen-bond donors (Lipinski definition) is 1. The van der Waals surface area contributed by atoms with Crippen molar-refractivity contribution in [2.45, 2.75) is 6.61 Å². The normalized spacial score (nSPS) is 10.8. The van der Waals surface area contributed by atoms with Crippen LogP contribution in [-0.2, 0) is 11.3 Å². The Balaban J connectivity index is 2.58. The number of aromatic amines is 1. The van der Waals surface area contributed by atoms with Crippen LogP contribution in [0.2, 0.25) is 5.15 Å². The fraction of sp³-hybridized carbons (Fsp3) is 0.200. The molecule has 0 bridgehead atoms. The topological polar surface area (TPSA) is 59.9 Å². The Morgan fingerprint density at radius 1 is 1.65 bits per heavy atom. The van der Waals surface area contributed by atoms with Gasteiger partial charge in [-0.05, 0) is 28.1 Å². The quantitative estimate of drug-likeness (QED) is 0.882. The number of hydrogen-bond acceptors (Lipinski definition) is 3. The van der Waals surface area contributed by atoms with E-state index in [2.05, 4.69) is 26.0 Å². The largest absolute Gasteiger partial charge is 0.378 e. The lowest BCUT2D eigenvalue weighted by Crippen LogP contribution is -2.15. The van der Waals surface area contributed by atoms with Crippen molar-refractivity contribution in [1.82, 2.24) is 14.8 Å². The summed E-state index contributed by atoms with van der Waals surface area (Å²) in [5, 5.41) is 3.17. The Bertz CT molecular complexity index is 593. The van der Waals surface area contributed by atoms with Crippen molar-refractivity contribution in [1.29, 1.82) is 0 Å². The summed E-state index contributed by atoms with van der Waals surface area (Å²) in [4.78, 5) is 15.9. The SMILES string of the molecule is COCc1[nH]n(-c2cccnc2Cl)c(=O)c1Br. The zero-order chi connectivity index (χ0) is 12.4. The zero-order valence-corrected chi connectivity index (χ0v) is 11.2. The van der Waals surface area contributed by atoms with Crippen molar-refractivity contribution in [3.05, 3.63) is 44.0 Å². The maximum absolute atomic E-state index is 12.0. The van der Waals surface area contributed by atoms with Crippen molar-refractivity contribution < 1.29 is 4.74 Å². The van der Waals surface area contributed by atoms with E-state index in [1.54, 1.807) is 25.4 Å². The molecule has 0 saturated heterocycles. The van der Waals surface area contributed by atoms with Gasteiger partial charge < -0.3 is 4.74 Å². The van der Waals surface area contributed by atoms with E-state index in [1.807, 2.05) is 0 Å². The Kier molecular flexibility index (Phi) is 3.66. The van der Waals surface area contributed by atoms with E-state index >= 15 is 0 Å². The molecule has 0 amide bonds. The Labute approximate surface area is 110 Å². The van der Waals surface area contributed by atoms with Gasteiger partial charge in [0.2, 0.25) is 0 Å². The highest BCUT2D eigenvalue weighted by atomic mass is 79.9. The summed E-state index contributed by atoms with van der Waals surface area (Å²) in [6, 6.07) is 3.41. The van der Waals surface area contributed by atoms with Gasteiger partial charge in [-0.15, -0.1) is 0 Å². The smallest absolute Gasteiger partial charge is 0.285 e. The van der Waals surface area contributed by atoms with Crippen LogP contribution in [0.15, 0.2) is 27.6 Å². The fourth-order valence-corrected chi connectivity index (χ4v) is 2.00. The molecule has 7 heteroatoms. The predicted molar refractivity (Wildman–Crippen MR) is 67.6 cm³/mol. The number of aromatic nitrogens is 3. The molecule has 0 aromatic carbocycles. The lowest BCUT2D eigenvalue weighted by atomic mass is 10.4. The van der Waals surface area contributed by atoms with E-state index in [1.165, 1.54) is 4.68 Å². The molecule has 2 rings (SSSR count). The van der Waals surface area contributed by atoms with Crippen molar-refractivity contribution >= 4 is 27.5 Å². The second-order valence-electron chi connectivity index (χ2n) is 3.29. The van der Waals surface area contributed by atoms with Crippen LogP contribution < -0.4 is 5.56 Å². The van der Waals surface area contributed by atoms with E-state index < -0.39 is 0 Å². The minimum absolute atomic E-state index is 0.230. The average Bonchev–Trinajstić information content (AvgIpc) is 2.59. The van der Waals surface area contributed by atoms with Crippen molar-refractivity contribution in [2.24, 2.45) is 0 Å². The number of H-pyrrole nitrogens is 1. The summed E-state index contributed by atoms with van der Waals surface area (Å²) in [7, 11) is 1.55. The van der Waals surface area contributed by atoms with E-state index in [4.69, 9.17) is 16.3 Å². The molecule has 0 radical (unpaired) electrons. The van der Waals surface area contributed by atoms with E-state index in [0.29, 0.717) is 22.5 Å². The maximum Gasteiger partial charge on any atom is 0.285 e. The molecule has 0 unspecified atom stereocenters. The van der Waals surface area contributed by atoms with Gasteiger partial charge in [0.05, 0.1) is 12.3 Å². The van der Waals surface area contributed by atoms with Crippen LogP contribution in [0.5, 0.6) is 0 Å². The summed E-state index contributed by atoms with van der Waals surface area (Å²) >= 11 is 9.15. The molecule has 0 saturated carbocycles. The molecule has 17 heavy (non-hydrogen) atoms. The first-order chi connectivity index (χ1) is 8.15. The third kappa shape index (κ3) is 2.29. The summed E-state index contributed by atoms with van der Waals surface area (Å²) < 4.78 is 6.74. The van der Waals surface area contributed by atoms with E-state index in [9.17, 15) is 4.79 Å². The number of pyridine rings is 1. The highest BCUT2D eigenvalue weighted by Gasteiger charge is 2.14. The molecule has 2 aromatic rings. The second-order valence-corrected chi connectivity index (χ2v) is 4.44. The zero-order valence-electron chi connectivity index (χ0n) is 8.91. The molecular formula is C10H9BrClN3O2. The molecule has 1 N–H and O–H groups in total. The minimum Gasteiger partial charge on any atom is -0.378 e. The van der Waals surface area contributed by atoms with Gasteiger partial charge in [-0.1, -0.05) is 11.6 Å². The standard InChI is InChI=1S/C10H9BrClN3O2/c1-17-5-6-8(11)10(16)15(14-6)7-3-2-4-13-9(7)12/h2-4,14H,5H2,1H3. The van der Waals surface area contributed by atoms with Gasteiger partial charge in [0.25, 0.3) is 5.56 Å². The molecular weight excluding hydrogens is 309 g/mol. The summed E-state index contributed by atoms with van der Waals surface area (Å²) in [5.41, 5.74) is 0.923. The van der Waals surface area contributed by atoms with Crippen LogP contribution in [0.25, 0.3) is 5.69 Å². The van der Waals surface area contributed by atoms with Gasteiger partial charge in [0, 0.05) is 13.3 Å². The molecule has 0 aliphatic rings. The molecule has 90 valence electrons. The summed E-state index contributed by atoms with van der Waals surface area (Å²) in [5.74, 6) is 0. The Morgan fingerprint density at radius 3 is 3.06 bits per heavy atom. The number of halogens is 2. The third-order valence-corrected chi connectivity index (χ3v) is 3.28. The van der Waals surface area contributed by atoms with Gasteiger partial charge >= 0.3 is 0 Å². The van der Waals surface area contributed by atoms with E-state index in [0.717, 1.165) is 0 Å². The predicted octanol–water partition coefficient (Wildman–Crippen LogP) is 2.12. The number of nitrogens with one attached hydrogen (secondary N) is 1. The van der Waals surface area contributed by atoms with Crippen molar-refractivity contribution in [3.8, 4) is 5.69 Å². The third-order valence-electron chi connectivity index (χ3n) is 2.17. The fourth-order valence-electron chi connectivity index (χ4n) is 1.42. The number of ether oxygens (including phenoxy) is 1. The molecule has 0 aliphatic heterocycles. The van der Waals surface area contributed by atoms with Crippen LogP contribution in [0.1, 0.15) is 5.69 Å². The summed E-state index contributed by atoms with van der Waals surface area (Å²) in [6.45, 7) is 0.306. The Morgan fingerprint density at radius 2 is 2.41 bits per heavy atom. The monoisotopic (exact) mass is 317 g/mol. The minimum atomic E-state index is -0.230. The lowest BCUT2D eigenvalue weighted by Gasteiger charge is -2.02. The number of nitrogens with zero attached hydrogens (tertiary/aromatic N) is 2. The molecule has 0 spiro atoms. The summed E-state index contributed by atoms with van der Waals surface area (Å²) in [6.07, 6.45) is 1.56. The van der Waals surface area contributed by atoms with Gasteiger partial charge in [0.15, 0.2) is 5.15 Å². The first-order valence-electron chi connectivity index (χ1n) is 4.74. The van der Waals surface area contributed by atoms with E-state index in [-0.39, 0.29) is 10.7 Å². The van der Waals surface area contributed by atoms with Crippen LogP contribution in [0.4, 0.5) is 0 Å². The maximum atomic E-state index is 12.0. The van der Waals surface area contributed by atoms with Crippen LogP contribution in [-0.4, -0.2) is 21.9 Å².